The fourth-order valence-corrected chi connectivity index (χ4v) is 1.94. The molecule has 2 rings (SSSR count). The summed E-state index contributed by atoms with van der Waals surface area (Å²) in [6.45, 7) is 2.63. The third kappa shape index (κ3) is 2.49. The molecule has 0 unspecified atom stereocenters. The van der Waals surface area contributed by atoms with Crippen molar-refractivity contribution in [2.45, 2.75) is 13.0 Å². The lowest BCUT2D eigenvalue weighted by Crippen LogP contribution is -2.27. The molecule has 1 heterocycles. The van der Waals surface area contributed by atoms with Crippen LogP contribution in [0, 0.1) is 0 Å². The first-order chi connectivity index (χ1) is 7.77. The zero-order valence-corrected chi connectivity index (χ0v) is 9.10. The number of hydrogen-bond acceptors (Lipinski definition) is 2. The lowest BCUT2D eigenvalue weighted by molar-refractivity contribution is 0.0694. The van der Waals surface area contributed by atoms with Crippen molar-refractivity contribution in [1.82, 2.24) is 4.90 Å². The van der Waals surface area contributed by atoms with Crippen LogP contribution in [0.5, 0.6) is 0 Å². The predicted octanol–water partition coefficient (Wildman–Crippen LogP) is 2.15. The maximum absolute atomic E-state index is 11.0. The van der Waals surface area contributed by atoms with E-state index in [1.807, 2.05) is 12.1 Å². The number of benzene rings is 1. The molecule has 3 heteroatoms. The minimum Gasteiger partial charge on any atom is -0.478 e. The van der Waals surface area contributed by atoms with E-state index >= 15 is 0 Å². The average molecular weight is 217 g/mol. The molecule has 1 aromatic rings. The van der Waals surface area contributed by atoms with E-state index in [0.29, 0.717) is 12.1 Å². The molecule has 1 N–H and O–H groups in total. The molecule has 0 aromatic heterocycles. The summed E-state index contributed by atoms with van der Waals surface area (Å²) >= 11 is 0. The van der Waals surface area contributed by atoms with Crippen LogP contribution in [0.1, 0.15) is 22.3 Å². The monoisotopic (exact) mass is 217 g/mol. The van der Waals surface area contributed by atoms with Crippen LogP contribution in [0.25, 0.3) is 0 Å². The van der Waals surface area contributed by atoms with Gasteiger partial charge in [0.05, 0.1) is 5.56 Å². The second-order valence-corrected chi connectivity index (χ2v) is 3.96. The minimum absolute atomic E-state index is 0.414. The van der Waals surface area contributed by atoms with E-state index in [9.17, 15) is 4.79 Å². The summed E-state index contributed by atoms with van der Waals surface area (Å²) in [7, 11) is 0. The molecule has 0 aliphatic carbocycles. The topological polar surface area (TPSA) is 40.5 Å². The van der Waals surface area contributed by atoms with Crippen LogP contribution in [0.4, 0.5) is 0 Å². The summed E-state index contributed by atoms with van der Waals surface area (Å²) in [5, 5.41) is 9.06. The standard InChI is InChI=1S/C13H15NO2/c15-13(16)12-7-3-2-6-11(12)10-14-8-4-1-5-9-14/h1-4,6-7H,5,8-10H2,(H,15,16). The summed E-state index contributed by atoms with van der Waals surface area (Å²) in [6, 6.07) is 7.21. The highest BCUT2D eigenvalue weighted by molar-refractivity contribution is 5.89. The van der Waals surface area contributed by atoms with E-state index in [4.69, 9.17) is 5.11 Å². The number of carboxylic acids is 1. The highest BCUT2D eigenvalue weighted by Gasteiger charge is 2.12. The molecule has 16 heavy (non-hydrogen) atoms. The van der Waals surface area contributed by atoms with Crippen LogP contribution in [0.15, 0.2) is 36.4 Å². The van der Waals surface area contributed by atoms with Crippen molar-refractivity contribution in [2.24, 2.45) is 0 Å². The van der Waals surface area contributed by atoms with E-state index < -0.39 is 5.97 Å². The first-order valence-corrected chi connectivity index (χ1v) is 5.46. The Hall–Kier alpha value is -1.61. The molecule has 0 spiro atoms. The largest absolute Gasteiger partial charge is 0.478 e. The third-order valence-electron chi connectivity index (χ3n) is 2.78. The Kier molecular flexibility index (Phi) is 3.37. The van der Waals surface area contributed by atoms with Crippen LogP contribution in [0.2, 0.25) is 0 Å². The Bertz CT molecular complexity index is 412. The van der Waals surface area contributed by atoms with Gasteiger partial charge >= 0.3 is 5.97 Å². The third-order valence-corrected chi connectivity index (χ3v) is 2.78. The van der Waals surface area contributed by atoms with Gasteiger partial charge in [0.15, 0.2) is 0 Å². The predicted molar refractivity (Wildman–Crippen MR) is 62.4 cm³/mol. The normalized spacial score (nSPS) is 16.2. The van der Waals surface area contributed by atoms with Gasteiger partial charge in [0, 0.05) is 19.6 Å². The van der Waals surface area contributed by atoms with Gasteiger partial charge < -0.3 is 5.11 Å². The zero-order valence-electron chi connectivity index (χ0n) is 9.10. The molecular weight excluding hydrogens is 202 g/mol. The molecule has 0 atom stereocenters. The molecule has 0 saturated carbocycles. The molecule has 1 aliphatic rings. The molecule has 0 saturated heterocycles. The van der Waals surface area contributed by atoms with E-state index in [1.54, 1.807) is 12.1 Å². The van der Waals surface area contributed by atoms with Crippen molar-refractivity contribution in [3.05, 3.63) is 47.5 Å². The first kappa shape index (κ1) is 10.9. The molecule has 84 valence electrons. The van der Waals surface area contributed by atoms with Crippen LogP contribution in [0.3, 0.4) is 0 Å². The molecule has 0 bridgehead atoms. The number of hydrogen-bond donors (Lipinski definition) is 1. The number of nitrogens with zero attached hydrogens (tertiary/aromatic N) is 1. The van der Waals surface area contributed by atoms with Crippen molar-refractivity contribution in [3.63, 3.8) is 0 Å². The Balaban J connectivity index is 2.14. The highest BCUT2D eigenvalue weighted by Crippen LogP contribution is 2.13. The lowest BCUT2D eigenvalue weighted by atomic mass is 10.1. The Morgan fingerprint density at radius 3 is 2.81 bits per heavy atom. The van der Waals surface area contributed by atoms with Crippen LogP contribution >= 0.6 is 0 Å². The Labute approximate surface area is 95.0 Å². The minimum atomic E-state index is -0.844. The SMILES string of the molecule is O=C(O)c1ccccc1CN1CC=CCC1. The number of carboxylic acid groups (broad SMARTS) is 1. The fraction of sp³-hybridized carbons (Fsp3) is 0.308. The number of carbonyl (C=O) groups is 1. The smallest absolute Gasteiger partial charge is 0.336 e. The van der Waals surface area contributed by atoms with Gasteiger partial charge in [-0.25, -0.2) is 4.79 Å². The molecule has 1 aliphatic heterocycles. The molecule has 0 fully saturated rings. The van der Waals surface area contributed by atoms with Crippen LogP contribution < -0.4 is 0 Å². The maximum atomic E-state index is 11.0. The fourth-order valence-electron chi connectivity index (χ4n) is 1.94. The Morgan fingerprint density at radius 1 is 1.31 bits per heavy atom. The van der Waals surface area contributed by atoms with Gasteiger partial charge in [-0.05, 0) is 18.1 Å². The maximum Gasteiger partial charge on any atom is 0.336 e. The summed E-state index contributed by atoms with van der Waals surface area (Å²) in [4.78, 5) is 13.3. The molecular formula is C13H15NO2. The summed E-state index contributed by atoms with van der Waals surface area (Å²) in [6.07, 6.45) is 5.35. The lowest BCUT2D eigenvalue weighted by Gasteiger charge is -2.23. The van der Waals surface area contributed by atoms with Gasteiger partial charge in [0.25, 0.3) is 0 Å². The number of aromatic carboxylic acids is 1. The van der Waals surface area contributed by atoms with Gasteiger partial charge in [-0.15, -0.1) is 0 Å². The molecule has 3 nitrogen and oxygen atoms in total. The number of rotatable bonds is 3. The van der Waals surface area contributed by atoms with Crippen LogP contribution in [-0.2, 0) is 6.54 Å². The first-order valence-electron chi connectivity index (χ1n) is 5.46. The van der Waals surface area contributed by atoms with Crippen molar-refractivity contribution < 1.29 is 9.90 Å². The van der Waals surface area contributed by atoms with Crippen LogP contribution in [-0.4, -0.2) is 29.1 Å². The van der Waals surface area contributed by atoms with Crippen molar-refractivity contribution >= 4 is 5.97 Å². The van der Waals surface area contributed by atoms with E-state index in [-0.39, 0.29) is 0 Å². The Morgan fingerprint density at radius 2 is 2.12 bits per heavy atom. The summed E-state index contributed by atoms with van der Waals surface area (Å²) in [5.74, 6) is -0.844. The quantitative estimate of drug-likeness (QED) is 0.789. The average Bonchev–Trinajstić information content (AvgIpc) is 2.31. The van der Waals surface area contributed by atoms with E-state index in [2.05, 4.69) is 17.1 Å². The van der Waals surface area contributed by atoms with Crippen molar-refractivity contribution in [1.29, 1.82) is 0 Å². The van der Waals surface area contributed by atoms with E-state index in [1.165, 1.54) is 0 Å². The van der Waals surface area contributed by atoms with Gasteiger partial charge in [-0.2, -0.15) is 0 Å². The van der Waals surface area contributed by atoms with Gasteiger partial charge in [0.1, 0.15) is 0 Å². The highest BCUT2D eigenvalue weighted by atomic mass is 16.4. The van der Waals surface area contributed by atoms with Gasteiger partial charge in [-0.1, -0.05) is 30.4 Å². The molecule has 0 radical (unpaired) electrons. The second-order valence-electron chi connectivity index (χ2n) is 3.96. The summed E-state index contributed by atoms with van der Waals surface area (Å²) < 4.78 is 0. The molecule has 1 aromatic carbocycles. The molecule has 0 amide bonds. The summed E-state index contributed by atoms with van der Waals surface area (Å²) in [5.41, 5.74) is 1.31. The van der Waals surface area contributed by atoms with E-state index in [0.717, 1.165) is 25.1 Å². The van der Waals surface area contributed by atoms with Crippen molar-refractivity contribution in [2.75, 3.05) is 13.1 Å². The second kappa shape index (κ2) is 4.94. The van der Waals surface area contributed by atoms with Gasteiger partial charge in [-0.3, -0.25) is 4.90 Å². The van der Waals surface area contributed by atoms with Gasteiger partial charge in [0.2, 0.25) is 0 Å². The zero-order chi connectivity index (χ0) is 11.4. The van der Waals surface area contributed by atoms with Crippen molar-refractivity contribution in [3.8, 4) is 0 Å².